The highest BCUT2D eigenvalue weighted by atomic mass is 79.9. The van der Waals surface area contributed by atoms with Crippen molar-refractivity contribution in [2.24, 2.45) is 0 Å². The molecule has 6 rings (SSSR count). The molecule has 0 unspecified atom stereocenters. The summed E-state index contributed by atoms with van der Waals surface area (Å²) in [5, 5.41) is 0. The molecule has 33 heavy (non-hydrogen) atoms. The minimum absolute atomic E-state index is 0.898. The van der Waals surface area contributed by atoms with Crippen LogP contribution in [0.4, 0.5) is 0 Å². The Morgan fingerprint density at radius 3 is 1.76 bits per heavy atom. The van der Waals surface area contributed by atoms with Gasteiger partial charge in [0.1, 0.15) is 0 Å². The predicted octanol–water partition coefficient (Wildman–Crippen LogP) is 6.74. The van der Waals surface area contributed by atoms with Crippen molar-refractivity contribution < 1.29 is 0 Å². The van der Waals surface area contributed by atoms with Gasteiger partial charge in [-0.3, -0.25) is 0 Å². The minimum atomic E-state index is 0.898. The Bertz CT molecular complexity index is 1470. The third-order valence-electron chi connectivity index (χ3n) is 6.67. The first-order valence-corrected chi connectivity index (χ1v) is 12.2. The normalized spacial score (nSPS) is 11.9. The van der Waals surface area contributed by atoms with Crippen molar-refractivity contribution >= 4 is 34.1 Å². The van der Waals surface area contributed by atoms with Crippen LogP contribution in [0.5, 0.6) is 0 Å². The van der Waals surface area contributed by atoms with Gasteiger partial charge >= 0.3 is 0 Å². The maximum Gasteiger partial charge on any atom is 0.193 e. The molecule has 0 nitrogen and oxygen atoms in total. The van der Waals surface area contributed by atoms with E-state index in [-0.39, 0.29) is 0 Å². The fourth-order valence-electron chi connectivity index (χ4n) is 5.03. The fourth-order valence-corrected chi connectivity index (χ4v) is 5.39. The molecule has 0 aliphatic carbocycles. The lowest BCUT2D eigenvalue weighted by Gasteiger charge is -2.21. The summed E-state index contributed by atoms with van der Waals surface area (Å²) >= 11 is 3.72. The van der Waals surface area contributed by atoms with E-state index in [1.54, 1.807) is 0 Å². The fraction of sp³-hybridized carbons (Fsp3) is 0.0323. The summed E-state index contributed by atoms with van der Waals surface area (Å²) < 4.78 is 1.12. The van der Waals surface area contributed by atoms with Crippen molar-refractivity contribution in [3.63, 3.8) is 0 Å². The third kappa shape index (κ3) is 3.85. The SMILES string of the molecule is Brc1ccc2c(c1)-c1ccccc1Bc1ccccc1-c1cc(-c3ccccc3)ccc1C2. The zero-order valence-corrected chi connectivity index (χ0v) is 19.8. The maximum absolute atomic E-state index is 3.72. The number of benzene rings is 5. The molecule has 5 aromatic rings. The Hall–Kier alpha value is -3.36. The molecule has 2 heteroatoms. The van der Waals surface area contributed by atoms with Gasteiger partial charge in [-0.2, -0.15) is 0 Å². The first kappa shape index (κ1) is 20.3. The van der Waals surface area contributed by atoms with Crippen molar-refractivity contribution in [2.75, 3.05) is 0 Å². The summed E-state index contributed by atoms with van der Waals surface area (Å²) in [4.78, 5) is 0. The summed E-state index contributed by atoms with van der Waals surface area (Å²) in [6.07, 6.45) is 0.898. The predicted molar refractivity (Wildman–Crippen MR) is 146 cm³/mol. The molecule has 0 aromatic heterocycles. The lowest BCUT2D eigenvalue weighted by molar-refractivity contribution is 1.20. The average molecular weight is 485 g/mol. The molecular weight excluding hydrogens is 463 g/mol. The topological polar surface area (TPSA) is 0 Å². The van der Waals surface area contributed by atoms with Crippen LogP contribution < -0.4 is 10.9 Å². The van der Waals surface area contributed by atoms with E-state index in [0.717, 1.165) is 18.2 Å². The van der Waals surface area contributed by atoms with Crippen LogP contribution in [-0.2, 0) is 6.42 Å². The van der Waals surface area contributed by atoms with E-state index in [2.05, 4.69) is 131 Å². The molecule has 0 atom stereocenters. The molecule has 1 heterocycles. The minimum Gasteiger partial charge on any atom is -0.0708 e. The van der Waals surface area contributed by atoms with Gasteiger partial charge in [0, 0.05) is 4.47 Å². The van der Waals surface area contributed by atoms with Crippen LogP contribution in [-0.4, -0.2) is 7.28 Å². The number of hydrogen-bond donors (Lipinski definition) is 0. The molecule has 1 aliphatic heterocycles. The second kappa shape index (κ2) is 8.54. The van der Waals surface area contributed by atoms with E-state index in [1.165, 1.54) is 55.4 Å². The first-order chi connectivity index (χ1) is 16.3. The molecular formula is C31H22BBr. The summed E-state index contributed by atoms with van der Waals surface area (Å²) in [6.45, 7) is 0. The van der Waals surface area contributed by atoms with Crippen molar-refractivity contribution in [3.8, 4) is 33.4 Å². The van der Waals surface area contributed by atoms with Crippen molar-refractivity contribution in [3.05, 3.63) is 131 Å². The summed E-state index contributed by atoms with van der Waals surface area (Å²) in [5.41, 5.74) is 13.3. The number of halogens is 1. The molecule has 156 valence electrons. The Labute approximate surface area is 204 Å². The molecule has 0 radical (unpaired) electrons. The molecule has 5 aromatic carbocycles. The van der Waals surface area contributed by atoms with Crippen molar-refractivity contribution in [1.82, 2.24) is 0 Å². The van der Waals surface area contributed by atoms with E-state index in [9.17, 15) is 0 Å². The number of hydrogen-bond acceptors (Lipinski definition) is 0. The second-order valence-electron chi connectivity index (χ2n) is 8.71. The van der Waals surface area contributed by atoms with Crippen LogP contribution in [0.2, 0.25) is 0 Å². The smallest absolute Gasteiger partial charge is 0.0708 e. The van der Waals surface area contributed by atoms with Crippen LogP contribution >= 0.6 is 15.9 Å². The molecule has 1 aliphatic rings. The van der Waals surface area contributed by atoms with E-state index in [4.69, 9.17) is 0 Å². The van der Waals surface area contributed by atoms with Crippen LogP contribution in [0.3, 0.4) is 0 Å². The zero-order chi connectivity index (χ0) is 22.2. The number of fused-ring (bicyclic) bond motifs is 6. The van der Waals surface area contributed by atoms with Gasteiger partial charge in [-0.15, -0.1) is 0 Å². The Morgan fingerprint density at radius 1 is 0.485 bits per heavy atom. The highest BCUT2D eigenvalue weighted by Gasteiger charge is 2.19. The maximum atomic E-state index is 3.72. The van der Waals surface area contributed by atoms with Crippen LogP contribution in [0, 0.1) is 0 Å². The van der Waals surface area contributed by atoms with E-state index < -0.39 is 0 Å². The quantitative estimate of drug-likeness (QED) is 0.226. The van der Waals surface area contributed by atoms with Gasteiger partial charge in [0.25, 0.3) is 0 Å². The summed E-state index contributed by atoms with van der Waals surface area (Å²) in [5.74, 6) is 0. The molecule has 0 amide bonds. The summed E-state index contributed by atoms with van der Waals surface area (Å²) in [6, 6.07) is 42.2. The van der Waals surface area contributed by atoms with Gasteiger partial charge < -0.3 is 0 Å². The van der Waals surface area contributed by atoms with Crippen molar-refractivity contribution in [1.29, 1.82) is 0 Å². The lowest BCUT2D eigenvalue weighted by atomic mass is 9.59. The second-order valence-corrected chi connectivity index (χ2v) is 9.62. The zero-order valence-electron chi connectivity index (χ0n) is 18.3. The highest BCUT2D eigenvalue weighted by molar-refractivity contribution is 9.10. The molecule has 0 spiro atoms. The Kier molecular flexibility index (Phi) is 5.24. The van der Waals surface area contributed by atoms with Gasteiger partial charge in [-0.05, 0) is 69.1 Å². The molecule has 0 fully saturated rings. The Morgan fingerprint density at radius 2 is 1.06 bits per heavy atom. The van der Waals surface area contributed by atoms with E-state index in [1.807, 2.05) is 0 Å². The monoisotopic (exact) mass is 484 g/mol. The van der Waals surface area contributed by atoms with Gasteiger partial charge in [-0.25, -0.2) is 0 Å². The van der Waals surface area contributed by atoms with Crippen molar-refractivity contribution in [2.45, 2.75) is 6.42 Å². The van der Waals surface area contributed by atoms with Crippen LogP contribution in [0.1, 0.15) is 11.1 Å². The van der Waals surface area contributed by atoms with Crippen LogP contribution in [0.15, 0.2) is 120 Å². The highest BCUT2D eigenvalue weighted by Crippen LogP contribution is 2.34. The summed E-state index contributed by atoms with van der Waals surface area (Å²) in [7, 11) is 0.910. The number of rotatable bonds is 1. The first-order valence-electron chi connectivity index (χ1n) is 11.4. The Balaban J connectivity index is 1.63. The standard InChI is InChI=1S/C31H22BBr/c33-25-17-16-24-18-23-15-14-22(21-8-2-1-3-9-21)19-28(23)26-10-4-6-12-30(26)32-31-13-7-5-11-27(31)29(24)20-25/h1-17,19-20,32H,18H2. The van der Waals surface area contributed by atoms with Gasteiger partial charge in [-0.1, -0.05) is 124 Å². The van der Waals surface area contributed by atoms with Crippen LogP contribution in [0.25, 0.3) is 33.4 Å². The van der Waals surface area contributed by atoms with E-state index >= 15 is 0 Å². The molecule has 0 saturated heterocycles. The van der Waals surface area contributed by atoms with E-state index in [0.29, 0.717) is 0 Å². The molecule has 0 N–H and O–H groups in total. The van der Waals surface area contributed by atoms with Gasteiger partial charge in [0.05, 0.1) is 0 Å². The molecule has 0 bridgehead atoms. The largest absolute Gasteiger partial charge is 0.193 e. The average Bonchev–Trinajstić information content (AvgIpc) is 2.86. The van der Waals surface area contributed by atoms with Gasteiger partial charge in [0.2, 0.25) is 0 Å². The third-order valence-corrected chi connectivity index (χ3v) is 7.16. The van der Waals surface area contributed by atoms with Gasteiger partial charge in [0.15, 0.2) is 7.28 Å². The lowest BCUT2D eigenvalue weighted by Crippen LogP contribution is -2.30. The molecule has 0 saturated carbocycles.